The van der Waals surface area contributed by atoms with Gasteiger partial charge in [0.25, 0.3) is 0 Å². The highest BCUT2D eigenvalue weighted by molar-refractivity contribution is 6.71. The van der Waals surface area contributed by atoms with Crippen LogP contribution in [0.15, 0.2) is 0 Å². The number of aliphatic hydroxyl groups is 1. The minimum atomic E-state index is -1.98. The van der Waals surface area contributed by atoms with Crippen LogP contribution < -0.4 is 0 Å². The molecular formula is C11H26O3Si. The van der Waals surface area contributed by atoms with Crippen molar-refractivity contribution in [2.45, 2.75) is 51.2 Å². The molecule has 0 heterocycles. The van der Waals surface area contributed by atoms with E-state index in [0.717, 1.165) is 25.7 Å². The molecular weight excluding hydrogens is 208 g/mol. The molecule has 1 unspecified atom stereocenters. The van der Waals surface area contributed by atoms with Crippen LogP contribution in [0.4, 0.5) is 0 Å². The Hall–Kier alpha value is 0.0969. The van der Waals surface area contributed by atoms with E-state index in [2.05, 4.69) is 6.92 Å². The molecule has 0 aromatic rings. The largest absolute Gasteiger partial charge is 0.432 e. The van der Waals surface area contributed by atoms with E-state index in [-0.39, 0.29) is 6.61 Å². The van der Waals surface area contributed by atoms with Crippen molar-refractivity contribution in [3.63, 3.8) is 0 Å². The van der Waals surface area contributed by atoms with Crippen molar-refractivity contribution < 1.29 is 14.6 Å². The number of hydrogen-bond donors (Lipinski definition) is 2. The second-order valence-corrected chi connectivity index (χ2v) is 8.74. The first-order valence-electron chi connectivity index (χ1n) is 5.93. The minimum absolute atomic E-state index is 0.0959. The van der Waals surface area contributed by atoms with Gasteiger partial charge in [-0.1, -0.05) is 19.8 Å². The third kappa shape index (κ3) is 7.96. The lowest BCUT2D eigenvalue weighted by atomic mass is 10.1. The van der Waals surface area contributed by atoms with Crippen LogP contribution in [0.2, 0.25) is 18.6 Å². The van der Waals surface area contributed by atoms with Gasteiger partial charge in [0.05, 0.1) is 13.2 Å². The van der Waals surface area contributed by atoms with E-state index in [1.165, 1.54) is 0 Å². The molecule has 0 rings (SSSR count). The van der Waals surface area contributed by atoms with Crippen LogP contribution >= 0.6 is 0 Å². The van der Waals surface area contributed by atoms with Crippen molar-refractivity contribution in [2.75, 3.05) is 19.8 Å². The molecule has 0 radical (unpaired) electrons. The average molecular weight is 234 g/mol. The molecule has 0 saturated heterocycles. The SMILES string of the molecule is CCCC(CCCOCCO)[Si](C)(C)O. The van der Waals surface area contributed by atoms with Crippen molar-refractivity contribution in [3.05, 3.63) is 0 Å². The second-order valence-electron chi connectivity index (χ2n) is 4.62. The summed E-state index contributed by atoms with van der Waals surface area (Å²) in [6.07, 6.45) is 4.30. The quantitative estimate of drug-likeness (QED) is 0.475. The normalized spacial score (nSPS) is 14.2. The van der Waals surface area contributed by atoms with Gasteiger partial charge in [-0.3, -0.25) is 0 Å². The molecule has 0 spiro atoms. The van der Waals surface area contributed by atoms with E-state index < -0.39 is 8.32 Å². The molecule has 92 valence electrons. The summed E-state index contributed by atoms with van der Waals surface area (Å²) in [6.45, 7) is 7.42. The van der Waals surface area contributed by atoms with E-state index in [1.807, 2.05) is 13.1 Å². The Balaban J connectivity index is 3.67. The summed E-state index contributed by atoms with van der Waals surface area (Å²) >= 11 is 0. The molecule has 2 N–H and O–H groups in total. The van der Waals surface area contributed by atoms with Gasteiger partial charge < -0.3 is 14.6 Å². The van der Waals surface area contributed by atoms with Gasteiger partial charge in [-0.05, 0) is 31.5 Å². The number of hydrogen-bond acceptors (Lipinski definition) is 3. The van der Waals surface area contributed by atoms with E-state index in [4.69, 9.17) is 9.84 Å². The first-order valence-corrected chi connectivity index (χ1v) is 8.95. The summed E-state index contributed by atoms with van der Waals surface area (Å²) in [6, 6.07) is 0. The summed E-state index contributed by atoms with van der Waals surface area (Å²) in [5.41, 5.74) is 0.486. The van der Waals surface area contributed by atoms with Crippen LogP contribution in [0.25, 0.3) is 0 Å². The monoisotopic (exact) mass is 234 g/mol. The summed E-state index contributed by atoms with van der Waals surface area (Å²) in [7, 11) is -1.98. The van der Waals surface area contributed by atoms with Gasteiger partial charge in [0.1, 0.15) is 0 Å². The number of aliphatic hydroxyl groups excluding tert-OH is 1. The maximum absolute atomic E-state index is 10.1. The molecule has 0 amide bonds. The Morgan fingerprint density at radius 1 is 1.20 bits per heavy atom. The standard InChI is InChI=1S/C11H26O3Si/c1-4-6-11(15(2,3)13)7-5-9-14-10-8-12/h11-13H,4-10H2,1-3H3. The molecule has 0 aliphatic rings. The lowest BCUT2D eigenvalue weighted by molar-refractivity contribution is 0.0893. The van der Waals surface area contributed by atoms with E-state index in [0.29, 0.717) is 18.8 Å². The van der Waals surface area contributed by atoms with Gasteiger partial charge in [-0.15, -0.1) is 0 Å². The van der Waals surface area contributed by atoms with Crippen molar-refractivity contribution >= 4 is 8.32 Å². The molecule has 0 aromatic heterocycles. The van der Waals surface area contributed by atoms with Gasteiger partial charge in [0, 0.05) is 6.61 Å². The van der Waals surface area contributed by atoms with Crippen molar-refractivity contribution in [2.24, 2.45) is 0 Å². The predicted octanol–water partition coefficient (Wildman–Crippen LogP) is 2.14. The number of ether oxygens (including phenoxy) is 1. The zero-order valence-electron chi connectivity index (χ0n) is 10.3. The average Bonchev–Trinajstić information content (AvgIpc) is 2.14. The molecule has 15 heavy (non-hydrogen) atoms. The highest BCUT2D eigenvalue weighted by atomic mass is 28.4. The molecule has 4 heteroatoms. The third-order valence-corrected chi connectivity index (χ3v) is 5.29. The molecule has 0 fully saturated rings. The predicted molar refractivity (Wildman–Crippen MR) is 65.5 cm³/mol. The Kier molecular flexibility index (Phi) is 8.33. The van der Waals surface area contributed by atoms with Crippen LogP contribution in [-0.2, 0) is 4.74 Å². The smallest absolute Gasteiger partial charge is 0.185 e. The molecule has 0 saturated carbocycles. The Bertz CT molecular complexity index is 145. The first-order chi connectivity index (χ1) is 7.02. The molecule has 0 aromatic carbocycles. The zero-order chi connectivity index (χ0) is 11.7. The Morgan fingerprint density at radius 2 is 1.87 bits per heavy atom. The van der Waals surface area contributed by atoms with Crippen LogP contribution in [0.3, 0.4) is 0 Å². The summed E-state index contributed by atoms with van der Waals surface area (Å²) in [5, 5.41) is 8.53. The van der Waals surface area contributed by atoms with Crippen LogP contribution in [0.1, 0.15) is 32.6 Å². The fourth-order valence-corrected chi connectivity index (χ4v) is 3.70. The highest BCUT2D eigenvalue weighted by Crippen LogP contribution is 2.29. The van der Waals surface area contributed by atoms with Gasteiger partial charge in [-0.25, -0.2) is 0 Å². The van der Waals surface area contributed by atoms with E-state index >= 15 is 0 Å². The maximum Gasteiger partial charge on any atom is 0.185 e. The molecule has 0 bridgehead atoms. The Labute approximate surface area is 94.6 Å². The first kappa shape index (κ1) is 15.1. The van der Waals surface area contributed by atoms with Gasteiger partial charge in [-0.2, -0.15) is 0 Å². The lowest BCUT2D eigenvalue weighted by Gasteiger charge is -2.26. The second kappa shape index (κ2) is 8.27. The van der Waals surface area contributed by atoms with Gasteiger partial charge in [0.2, 0.25) is 0 Å². The maximum atomic E-state index is 10.1. The zero-order valence-corrected chi connectivity index (χ0v) is 11.3. The van der Waals surface area contributed by atoms with E-state index in [9.17, 15) is 4.80 Å². The van der Waals surface area contributed by atoms with Crippen molar-refractivity contribution in [1.82, 2.24) is 0 Å². The molecule has 0 aliphatic carbocycles. The van der Waals surface area contributed by atoms with Crippen molar-refractivity contribution in [3.8, 4) is 0 Å². The van der Waals surface area contributed by atoms with Gasteiger partial charge in [0.15, 0.2) is 8.32 Å². The lowest BCUT2D eigenvalue weighted by Crippen LogP contribution is -2.32. The third-order valence-electron chi connectivity index (χ3n) is 2.71. The van der Waals surface area contributed by atoms with Crippen molar-refractivity contribution in [1.29, 1.82) is 0 Å². The van der Waals surface area contributed by atoms with Crippen LogP contribution in [0.5, 0.6) is 0 Å². The fourth-order valence-electron chi connectivity index (χ4n) is 1.80. The topological polar surface area (TPSA) is 49.7 Å². The summed E-state index contributed by atoms with van der Waals surface area (Å²) in [4.78, 5) is 10.1. The summed E-state index contributed by atoms with van der Waals surface area (Å²) in [5.74, 6) is 0. The molecule has 3 nitrogen and oxygen atoms in total. The molecule has 0 aliphatic heterocycles. The minimum Gasteiger partial charge on any atom is -0.432 e. The van der Waals surface area contributed by atoms with E-state index in [1.54, 1.807) is 0 Å². The van der Waals surface area contributed by atoms with Crippen LogP contribution in [0, 0.1) is 0 Å². The van der Waals surface area contributed by atoms with Crippen LogP contribution in [-0.4, -0.2) is 38.0 Å². The molecule has 1 atom stereocenters. The summed E-state index contributed by atoms with van der Waals surface area (Å²) < 4.78 is 5.21. The fraction of sp³-hybridized carbons (Fsp3) is 1.00. The Morgan fingerprint density at radius 3 is 2.33 bits per heavy atom. The van der Waals surface area contributed by atoms with Gasteiger partial charge >= 0.3 is 0 Å². The number of rotatable bonds is 9. The highest BCUT2D eigenvalue weighted by Gasteiger charge is 2.28.